The van der Waals surface area contributed by atoms with Gasteiger partial charge in [0.15, 0.2) is 0 Å². The van der Waals surface area contributed by atoms with Gasteiger partial charge in [0.25, 0.3) is 0 Å². The molecule has 0 unspecified atom stereocenters. The van der Waals surface area contributed by atoms with E-state index in [1.807, 2.05) is 6.92 Å². The van der Waals surface area contributed by atoms with Gasteiger partial charge in [0, 0.05) is 6.61 Å². The van der Waals surface area contributed by atoms with E-state index in [0.717, 1.165) is 9.26 Å². The van der Waals surface area contributed by atoms with Crippen molar-refractivity contribution < 1.29 is 9.13 Å². The molecule has 0 N–H and O–H groups in total. The van der Waals surface area contributed by atoms with Gasteiger partial charge in [0.1, 0.15) is 6.67 Å². The van der Waals surface area contributed by atoms with Crippen LogP contribution in [-0.2, 0) is 17.9 Å². The highest BCUT2D eigenvalue weighted by Crippen LogP contribution is 2.12. The van der Waals surface area contributed by atoms with Gasteiger partial charge in [-0.15, -0.1) is 0 Å². The van der Waals surface area contributed by atoms with Crippen LogP contribution >= 0.6 is 22.6 Å². The Bertz CT molecular complexity index is 265. The van der Waals surface area contributed by atoms with Crippen LogP contribution in [0.25, 0.3) is 0 Å². The lowest BCUT2D eigenvalue weighted by atomic mass is 10.4. The van der Waals surface area contributed by atoms with Crippen LogP contribution in [0, 0.1) is 3.57 Å². The van der Waals surface area contributed by atoms with Crippen molar-refractivity contribution in [2.24, 2.45) is 0 Å². The first-order valence-corrected chi connectivity index (χ1v) is 5.21. The Morgan fingerprint density at radius 1 is 1.69 bits per heavy atom. The molecule has 1 rings (SSSR count). The number of rotatable bonds is 5. The number of aromatic nitrogens is 2. The van der Waals surface area contributed by atoms with Crippen LogP contribution in [0.3, 0.4) is 0 Å². The standard InChI is InChI=1S/C8H12FIN2O/c1-2-13-6-8-7(10)5-11-12(8)4-3-9/h5H,2-4,6H2,1H3. The molecule has 0 aromatic carbocycles. The Morgan fingerprint density at radius 2 is 2.46 bits per heavy atom. The average molecular weight is 298 g/mol. The topological polar surface area (TPSA) is 27.1 Å². The molecule has 0 atom stereocenters. The third-order valence-electron chi connectivity index (χ3n) is 1.64. The molecule has 5 heteroatoms. The van der Waals surface area contributed by atoms with Crippen molar-refractivity contribution in [3.8, 4) is 0 Å². The van der Waals surface area contributed by atoms with Crippen LogP contribution in [0.5, 0.6) is 0 Å². The third-order valence-corrected chi connectivity index (χ3v) is 2.54. The van der Waals surface area contributed by atoms with Crippen molar-refractivity contribution in [2.75, 3.05) is 13.3 Å². The number of aryl methyl sites for hydroxylation is 1. The molecule has 0 amide bonds. The van der Waals surface area contributed by atoms with Crippen LogP contribution in [0.2, 0.25) is 0 Å². The maximum Gasteiger partial charge on any atom is 0.109 e. The maximum absolute atomic E-state index is 12.1. The third kappa shape index (κ3) is 2.91. The quantitative estimate of drug-likeness (QED) is 0.777. The van der Waals surface area contributed by atoms with Crippen molar-refractivity contribution in [1.82, 2.24) is 9.78 Å². The zero-order valence-electron chi connectivity index (χ0n) is 7.46. The van der Waals surface area contributed by atoms with Gasteiger partial charge in [0.05, 0.1) is 28.6 Å². The average Bonchev–Trinajstić information content (AvgIpc) is 2.45. The molecule has 0 fully saturated rings. The van der Waals surface area contributed by atoms with Crippen molar-refractivity contribution in [1.29, 1.82) is 0 Å². The predicted molar refractivity (Wildman–Crippen MR) is 56.2 cm³/mol. The Balaban J connectivity index is 2.69. The number of nitrogens with zero attached hydrogens (tertiary/aromatic N) is 2. The highest BCUT2D eigenvalue weighted by Gasteiger charge is 2.07. The van der Waals surface area contributed by atoms with Crippen molar-refractivity contribution in [2.45, 2.75) is 20.1 Å². The molecule has 0 aliphatic carbocycles. The Kier molecular flexibility index (Phi) is 4.65. The highest BCUT2D eigenvalue weighted by molar-refractivity contribution is 14.1. The minimum absolute atomic E-state index is 0.311. The molecule has 13 heavy (non-hydrogen) atoms. The summed E-state index contributed by atoms with van der Waals surface area (Å²) >= 11 is 2.17. The lowest BCUT2D eigenvalue weighted by molar-refractivity contribution is 0.126. The number of alkyl halides is 1. The predicted octanol–water partition coefficient (Wildman–Crippen LogP) is 1.99. The van der Waals surface area contributed by atoms with E-state index in [2.05, 4.69) is 27.7 Å². The smallest absolute Gasteiger partial charge is 0.109 e. The summed E-state index contributed by atoms with van der Waals surface area (Å²) in [6, 6.07) is 0. The molecule has 0 aliphatic rings. The Morgan fingerprint density at radius 3 is 3.08 bits per heavy atom. The van der Waals surface area contributed by atoms with E-state index >= 15 is 0 Å². The first kappa shape index (κ1) is 10.9. The molecular weight excluding hydrogens is 286 g/mol. The molecule has 0 radical (unpaired) electrons. The minimum Gasteiger partial charge on any atom is -0.375 e. The normalized spacial score (nSPS) is 10.7. The van der Waals surface area contributed by atoms with E-state index in [1.54, 1.807) is 10.9 Å². The van der Waals surface area contributed by atoms with Gasteiger partial charge in [-0.3, -0.25) is 4.68 Å². The molecule has 3 nitrogen and oxygen atoms in total. The molecule has 1 aromatic rings. The maximum atomic E-state index is 12.1. The van der Waals surface area contributed by atoms with E-state index in [9.17, 15) is 4.39 Å². The van der Waals surface area contributed by atoms with Crippen LogP contribution in [0.4, 0.5) is 4.39 Å². The van der Waals surface area contributed by atoms with Crippen molar-refractivity contribution >= 4 is 22.6 Å². The minimum atomic E-state index is -0.392. The number of hydrogen-bond donors (Lipinski definition) is 0. The summed E-state index contributed by atoms with van der Waals surface area (Å²) < 4.78 is 20.0. The van der Waals surface area contributed by atoms with Crippen molar-refractivity contribution in [3.63, 3.8) is 0 Å². The lowest BCUT2D eigenvalue weighted by Gasteiger charge is -2.05. The fourth-order valence-corrected chi connectivity index (χ4v) is 1.56. The monoisotopic (exact) mass is 298 g/mol. The summed E-state index contributed by atoms with van der Waals surface area (Å²) in [5, 5.41) is 4.05. The SMILES string of the molecule is CCOCc1c(I)cnn1CCF. The molecule has 0 aliphatic heterocycles. The van der Waals surface area contributed by atoms with E-state index in [-0.39, 0.29) is 0 Å². The largest absolute Gasteiger partial charge is 0.375 e. The molecular formula is C8H12FIN2O. The van der Waals surface area contributed by atoms with E-state index in [0.29, 0.717) is 19.8 Å². The summed E-state index contributed by atoms with van der Waals surface area (Å²) in [6.07, 6.45) is 1.73. The fourth-order valence-electron chi connectivity index (χ4n) is 1.00. The molecule has 1 heterocycles. The van der Waals surface area contributed by atoms with Gasteiger partial charge < -0.3 is 4.74 Å². The van der Waals surface area contributed by atoms with Crippen LogP contribution < -0.4 is 0 Å². The van der Waals surface area contributed by atoms with Crippen LogP contribution in [0.15, 0.2) is 6.20 Å². The molecule has 0 saturated carbocycles. The van der Waals surface area contributed by atoms with Crippen molar-refractivity contribution in [3.05, 3.63) is 15.5 Å². The second-order valence-corrected chi connectivity index (χ2v) is 3.65. The zero-order valence-corrected chi connectivity index (χ0v) is 9.62. The lowest BCUT2D eigenvalue weighted by Crippen LogP contribution is -2.08. The van der Waals surface area contributed by atoms with Gasteiger partial charge >= 0.3 is 0 Å². The van der Waals surface area contributed by atoms with Gasteiger partial charge in [-0.05, 0) is 29.5 Å². The summed E-state index contributed by atoms with van der Waals surface area (Å²) in [6.45, 7) is 3.02. The highest BCUT2D eigenvalue weighted by atomic mass is 127. The van der Waals surface area contributed by atoms with E-state index in [1.165, 1.54) is 0 Å². The molecule has 1 aromatic heterocycles. The summed E-state index contributed by atoms with van der Waals surface area (Å²) in [7, 11) is 0. The molecule has 0 bridgehead atoms. The van der Waals surface area contributed by atoms with Crippen LogP contribution in [0.1, 0.15) is 12.6 Å². The second-order valence-electron chi connectivity index (χ2n) is 2.49. The van der Waals surface area contributed by atoms with Crippen LogP contribution in [-0.4, -0.2) is 23.1 Å². The van der Waals surface area contributed by atoms with Gasteiger partial charge in [0.2, 0.25) is 0 Å². The molecule has 0 saturated heterocycles. The van der Waals surface area contributed by atoms with E-state index in [4.69, 9.17) is 4.74 Å². The van der Waals surface area contributed by atoms with Gasteiger partial charge in [-0.2, -0.15) is 5.10 Å². The number of halogens is 2. The molecule has 74 valence electrons. The fraction of sp³-hybridized carbons (Fsp3) is 0.625. The Hall–Kier alpha value is -0.170. The number of ether oxygens (including phenoxy) is 1. The Labute approximate surface area is 90.4 Å². The summed E-state index contributed by atoms with van der Waals surface area (Å²) in [5.41, 5.74) is 0.958. The van der Waals surface area contributed by atoms with Gasteiger partial charge in [-0.1, -0.05) is 0 Å². The first-order chi connectivity index (χ1) is 6.29. The summed E-state index contributed by atoms with van der Waals surface area (Å²) in [5.74, 6) is 0. The molecule has 0 spiro atoms. The van der Waals surface area contributed by atoms with E-state index < -0.39 is 6.67 Å². The second kappa shape index (κ2) is 5.54. The zero-order chi connectivity index (χ0) is 9.68. The summed E-state index contributed by atoms with van der Waals surface area (Å²) in [4.78, 5) is 0. The number of hydrogen-bond acceptors (Lipinski definition) is 2. The van der Waals surface area contributed by atoms with Gasteiger partial charge in [-0.25, -0.2) is 4.39 Å². The first-order valence-electron chi connectivity index (χ1n) is 4.13.